The first-order chi connectivity index (χ1) is 12.5. The van der Waals surface area contributed by atoms with Gasteiger partial charge in [-0.3, -0.25) is 14.9 Å². The van der Waals surface area contributed by atoms with Crippen LogP contribution in [0.2, 0.25) is 0 Å². The molecule has 0 radical (unpaired) electrons. The van der Waals surface area contributed by atoms with Crippen LogP contribution >= 0.6 is 11.3 Å². The van der Waals surface area contributed by atoms with Gasteiger partial charge in [-0.15, -0.1) is 11.3 Å². The average Bonchev–Trinajstić information content (AvgIpc) is 3.22. The van der Waals surface area contributed by atoms with Crippen LogP contribution in [0, 0.1) is 11.3 Å². The molecule has 0 saturated heterocycles. The monoisotopic (exact) mass is 369 g/mol. The molecule has 0 atom stereocenters. The van der Waals surface area contributed by atoms with Crippen molar-refractivity contribution >= 4 is 34.2 Å². The van der Waals surface area contributed by atoms with E-state index in [0.717, 1.165) is 29.7 Å². The maximum absolute atomic E-state index is 12.5. The molecule has 0 saturated carbocycles. The van der Waals surface area contributed by atoms with Crippen LogP contribution in [0.15, 0.2) is 24.3 Å². The fourth-order valence-corrected chi connectivity index (χ4v) is 4.09. The number of carbonyl (C=O) groups excluding carboxylic acids is 3. The summed E-state index contributed by atoms with van der Waals surface area (Å²) in [5.41, 5.74) is 2.01. The van der Waals surface area contributed by atoms with Crippen LogP contribution in [-0.2, 0) is 17.6 Å². The standard InChI is InChI=1S/C18H15N3O4S/c1-25-18(24)21-16(23)14-12-3-2-4-13(12)26-17(14)20-15(22)11-7-5-10(9-19)6-8-11/h5-8H,2-4H2,1H3,(H,20,22)(H,21,23,24). The van der Waals surface area contributed by atoms with Crippen LogP contribution in [0.4, 0.5) is 9.80 Å². The summed E-state index contributed by atoms with van der Waals surface area (Å²) < 4.78 is 4.47. The SMILES string of the molecule is COC(=O)NC(=O)c1c(NC(=O)c2ccc(C#N)cc2)sc2c1CCC2. The fraction of sp³-hybridized carbons (Fsp3) is 0.222. The van der Waals surface area contributed by atoms with Crippen LogP contribution in [0.25, 0.3) is 0 Å². The number of nitrogens with zero attached hydrogens (tertiary/aromatic N) is 1. The zero-order valence-electron chi connectivity index (χ0n) is 13.9. The van der Waals surface area contributed by atoms with Gasteiger partial charge in [-0.2, -0.15) is 5.26 Å². The molecule has 1 aromatic carbocycles. The lowest BCUT2D eigenvalue weighted by molar-refractivity contribution is 0.0937. The van der Waals surface area contributed by atoms with Gasteiger partial charge in [0.2, 0.25) is 0 Å². The number of fused-ring (bicyclic) bond motifs is 1. The number of hydrogen-bond acceptors (Lipinski definition) is 6. The van der Waals surface area contributed by atoms with Gasteiger partial charge in [-0.05, 0) is 49.1 Å². The van der Waals surface area contributed by atoms with E-state index in [9.17, 15) is 14.4 Å². The number of nitriles is 1. The van der Waals surface area contributed by atoms with Crippen molar-refractivity contribution in [2.24, 2.45) is 0 Å². The van der Waals surface area contributed by atoms with E-state index in [1.54, 1.807) is 24.3 Å². The van der Waals surface area contributed by atoms with Crippen molar-refractivity contribution in [1.82, 2.24) is 5.32 Å². The van der Waals surface area contributed by atoms with Crippen molar-refractivity contribution in [3.63, 3.8) is 0 Å². The number of imide groups is 1. The van der Waals surface area contributed by atoms with Gasteiger partial charge in [0.1, 0.15) is 5.00 Å². The summed E-state index contributed by atoms with van der Waals surface area (Å²) in [6, 6.07) is 8.18. The molecule has 1 aliphatic carbocycles. The smallest absolute Gasteiger partial charge is 0.413 e. The van der Waals surface area contributed by atoms with Gasteiger partial charge >= 0.3 is 6.09 Å². The van der Waals surface area contributed by atoms with E-state index in [0.29, 0.717) is 21.7 Å². The highest BCUT2D eigenvalue weighted by Gasteiger charge is 2.28. The second kappa shape index (κ2) is 7.37. The van der Waals surface area contributed by atoms with E-state index >= 15 is 0 Å². The fourth-order valence-electron chi connectivity index (χ4n) is 2.81. The predicted octanol–water partition coefficient (Wildman–Crippen LogP) is 2.86. The summed E-state index contributed by atoms with van der Waals surface area (Å²) in [5.74, 6) is -0.979. The number of anilines is 1. The maximum Gasteiger partial charge on any atom is 0.413 e. The van der Waals surface area contributed by atoms with Gasteiger partial charge < -0.3 is 10.1 Å². The molecule has 0 unspecified atom stereocenters. The molecule has 1 heterocycles. The number of methoxy groups -OCH3 is 1. The molecule has 2 aromatic rings. The normalized spacial score (nSPS) is 12.0. The molecule has 0 aliphatic heterocycles. The zero-order chi connectivity index (χ0) is 18.7. The molecule has 8 heteroatoms. The number of aryl methyl sites for hydroxylation is 1. The first-order valence-corrected chi connectivity index (χ1v) is 8.70. The molecule has 26 heavy (non-hydrogen) atoms. The van der Waals surface area contributed by atoms with Crippen LogP contribution in [0.5, 0.6) is 0 Å². The number of carbonyl (C=O) groups is 3. The lowest BCUT2D eigenvalue weighted by Crippen LogP contribution is -2.31. The van der Waals surface area contributed by atoms with E-state index in [1.165, 1.54) is 18.4 Å². The van der Waals surface area contributed by atoms with Gasteiger partial charge in [0.05, 0.1) is 24.3 Å². The number of thiophene rings is 1. The quantitative estimate of drug-likeness (QED) is 0.865. The second-order valence-electron chi connectivity index (χ2n) is 5.65. The van der Waals surface area contributed by atoms with E-state index in [4.69, 9.17) is 5.26 Å². The summed E-state index contributed by atoms with van der Waals surface area (Å²) in [6.45, 7) is 0. The number of benzene rings is 1. The molecule has 0 fully saturated rings. The molecule has 2 N–H and O–H groups in total. The Morgan fingerprint density at radius 3 is 2.54 bits per heavy atom. The topological polar surface area (TPSA) is 108 Å². The Kier molecular flexibility index (Phi) is 5.00. The average molecular weight is 369 g/mol. The zero-order valence-corrected chi connectivity index (χ0v) is 14.7. The number of amides is 3. The van der Waals surface area contributed by atoms with Gasteiger partial charge in [-0.25, -0.2) is 4.79 Å². The summed E-state index contributed by atoms with van der Waals surface area (Å²) in [7, 11) is 1.17. The highest BCUT2D eigenvalue weighted by Crippen LogP contribution is 2.39. The van der Waals surface area contributed by atoms with Crippen molar-refractivity contribution in [3.05, 3.63) is 51.4 Å². The third kappa shape index (κ3) is 3.43. The van der Waals surface area contributed by atoms with Crippen LogP contribution < -0.4 is 10.6 Å². The van der Waals surface area contributed by atoms with E-state index in [2.05, 4.69) is 15.4 Å². The van der Waals surface area contributed by atoms with Crippen LogP contribution in [0.3, 0.4) is 0 Å². The maximum atomic E-state index is 12.5. The number of hydrogen-bond donors (Lipinski definition) is 2. The Balaban J connectivity index is 1.87. The molecule has 0 bridgehead atoms. The lowest BCUT2D eigenvalue weighted by atomic mass is 10.1. The second-order valence-corrected chi connectivity index (χ2v) is 6.76. The van der Waals surface area contributed by atoms with Gasteiger partial charge in [0.15, 0.2) is 0 Å². The molecular formula is C18H15N3O4S. The number of ether oxygens (including phenoxy) is 1. The third-order valence-corrected chi connectivity index (χ3v) is 5.26. The predicted molar refractivity (Wildman–Crippen MR) is 95.3 cm³/mol. The highest BCUT2D eigenvalue weighted by molar-refractivity contribution is 7.17. The minimum Gasteiger partial charge on any atom is -0.453 e. The number of nitrogens with one attached hydrogen (secondary N) is 2. The van der Waals surface area contributed by atoms with Crippen LogP contribution in [0.1, 0.15) is 43.1 Å². The molecule has 132 valence electrons. The van der Waals surface area contributed by atoms with Crippen LogP contribution in [-0.4, -0.2) is 25.0 Å². The van der Waals surface area contributed by atoms with Gasteiger partial charge in [0.25, 0.3) is 11.8 Å². The lowest BCUT2D eigenvalue weighted by Gasteiger charge is -2.08. The van der Waals surface area contributed by atoms with Gasteiger partial charge in [-0.1, -0.05) is 0 Å². The van der Waals surface area contributed by atoms with E-state index in [-0.39, 0.29) is 5.91 Å². The molecule has 3 amide bonds. The summed E-state index contributed by atoms with van der Waals surface area (Å²) in [6.07, 6.45) is 1.65. The Morgan fingerprint density at radius 2 is 1.88 bits per heavy atom. The minimum atomic E-state index is -0.850. The number of alkyl carbamates (subject to hydrolysis) is 1. The molecule has 0 spiro atoms. The Bertz CT molecular complexity index is 925. The summed E-state index contributed by atoms with van der Waals surface area (Å²) in [5, 5.41) is 14.1. The number of rotatable bonds is 3. The van der Waals surface area contributed by atoms with E-state index < -0.39 is 12.0 Å². The Hall–Kier alpha value is -3.18. The molecule has 3 rings (SSSR count). The van der Waals surface area contributed by atoms with Crippen molar-refractivity contribution in [2.75, 3.05) is 12.4 Å². The van der Waals surface area contributed by atoms with Gasteiger partial charge in [0, 0.05) is 10.4 Å². The summed E-state index contributed by atoms with van der Waals surface area (Å²) in [4.78, 5) is 37.4. The van der Waals surface area contributed by atoms with Crippen molar-refractivity contribution in [3.8, 4) is 6.07 Å². The summed E-state index contributed by atoms with van der Waals surface area (Å²) >= 11 is 1.35. The van der Waals surface area contributed by atoms with Crippen molar-refractivity contribution < 1.29 is 19.1 Å². The molecule has 7 nitrogen and oxygen atoms in total. The Morgan fingerprint density at radius 1 is 1.15 bits per heavy atom. The van der Waals surface area contributed by atoms with E-state index in [1.807, 2.05) is 6.07 Å². The molecule has 1 aromatic heterocycles. The minimum absolute atomic E-state index is 0.315. The first-order valence-electron chi connectivity index (χ1n) is 7.89. The molecular weight excluding hydrogens is 354 g/mol. The third-order valence-electron chi connectivity index (χ3n) is 4.05. The van der Waals surface area contributed by atoms with Crippen molar-refractivity contribution in [1.29, 1.82) is 5.26 Å². The molecule has 1 aliphatic rings. The highest BCUT2D eigenvalue weighted by atomic mass is 32.1. The largest absolute Gasteiger partial charge is 0.453 e. The van der Waals surface area contributed by atoms with Crippen molar-refractivity contribution in [2.45, 2.75) is 19.3 Å². The Labute approximate surface area is 153 Å². The first kappa shape index (κ1) is 17.6.